The molecule has 0 aliphatic heterocycles. The van der Waals surface area contributed by atoms with Gasteiger partial charge in [-0.05, 0) is 72.8 Å². The van der Waals surface area contributed by atoms with Gasteiger partial charge in [0.1, 0.15) is 23.0 Å². The largest absolute Gasteiger partial charge is 0.598 e. The highest BCUT2D eigenvalue weighted by atomic mass is 32.2. The second-order valence-electron chi connectivity index (χ2n) is 9.72. The molecule has 0 N–H and O–H groups in total. The molecule has 0 unspecified atom stereocenters. The molecular weight excluding hydrogens is 670 g/mol. The first-order valence-corrected chi connectivity index (χ1v) is 18.9. The standard InChI is InChI=1S/C24H20O7P2.C12H10O2S/c25-32(27-21-13-5-1-6-14-21,28-22-15-7-2-8-16-22)31-33(26,29-23-17-9-3-10-18-23)30-24-19-11-4-12-20-24;13-15(14,11-7-3-1-4-8-11)12-9-5-2-6-10-12/h1-20H;1-10H. The molecule has 0 atom stereocenters. The van der Waals surface area contributed by atoms with E-state index in [4.69, 9.17) is 22.4 Å². The Kier molecular flexibility index (Phi) is 11.5. The van der Waals surface area contributed by atoms with Crippen molar-refractivity contribution in [3.8, 4) is 23.0 Å². The average molecular weight is 701 g/mol. The third-order valence-corrected chi connectivity index (χ3v) is 11.3. The Hall–Kier alpha value is -5.11. The predicted molar refractivity (Wildman–Crippen MR) is 183 cm³/mol. The lowest BCUT2D eigenvalue weighted by Gasteiger charge is -2.23. The zero-order valence-electron chi connectivity index (χ0n) is 25.3. The van der Waals surface area contributed by atoms with Gasteiger partial charge in [-0.1, -0.05) is 109 Å². The monoisotopic (exact) mass is 700 g/mol. The lowest BCUT2D eigenvalue weighted by atomic mass is 10.3. The minimum absolute atomic E-state index is 0.183. The lowest BCUT2D eigenvalue weighted by molar-refractivity contribution is 0.243. The van der Waals surface area contributed by atoms with E-state index in [1.54, 1.807) is 182 Å². The molecule has 0 radical (unpaired) electrons. The Morgan fingerprint density at radius 3 is 0.771 bits per heavy atom. The maximum atomic E-state index is 13.7. The van der Waals surface area contributed by atoms with Gasteiger partial charge in [-0.3, -0.25) is 0 Å². The van der Waals surface area contributed by atoms with E-state index in [-0.39, 0.29) is 23.0 Å². The Morgan fingerprint density at radius 2 is 0.542 bits per heavy atom. The van der Waals surface area contributed by atoms with Crippen molar-refractivity contribution in [1.29, 1.82) is 0 Å². The molecule has 0 spiro atoms. The highest BCUT2D eigenvalue weighted by Crippen LogP contribution is 2.64. The third kappa shape index (κ3) is 9.94. The molecule has 6 rings (SSSR count). The Labute approximate surface area is 279 Å². The van der Waals surface area contributed by atoms with Gasteiger partial charge in [-0.2, -0.15) is 0 Å². The number of hydrogen-bond donors (Lipinski definition) is 0. The second-order valence-corrected chi connectivity index (χ2v) is 14.8. The van der Waals surface area contributed by atoms with Crippen molar-refractivity contribution in [1.82, 2.24) is 0 Å². The summed E-state index contributed by atoms with van der Waals surface area (Å²) in [5, 5.41) is 0. The first kappa shape index (κ1) is 34.2. The molecule has 6 aromatic carbocycles. The number of rotatable bonds is 12. The molecule has 48 heavy (non-hydrogen) atoms. The quantitative estimate of drug-likeness (QED) is 0.115. The molecule has 0 bridgehead atoms. The number of hydrogen-bond acceptors (Lipinski definition) is 9. The van der Waals surface area contributed by atoms with E-state index in [0.29, 0.717) is 9.79 Å². The van der Waals surface area contributed by atoms with Gasteiger partial charge in [-0.25, -0.2) is 17.5 Å². The fraction of sp³-hybridized carbons (Fsp3) is 0. The van der Waals surface area contributed by atoms with Gasteiger partial charge in [-0.15, -0.1) is 4.31 Å². The van der Waals surface area contributed by atoms with E-state index in [1.165, 1.54) is 0 Å². The lowest BCUT2D eigenvalue weighted by Crippen LogP contribution is -2.10. The summed E-state index contributed by atoms with van der Waals surface area (Å²) >= 11 is 0. The summed E-state index contributed by atoms with van der Waals surface area (Å²) in [6.45, 7) is 0. The van der Waals surface area contributed by atoms with Crippen LogP contribution in [0.5, 0.6) is 23.0 Å². The second kappa shape index (κ2) is 16.1. The van der Waals surface area contributed by atoms with Crippen LogP contribution in [0.25, 0.3) is 0 Å². The summed E-state index contributed by atoms with van der Waals surface area (Å²) in [5.74, 6) is 0.732. The van der Waals surface area contributed by atoms with Crippen molar-refractivity contribution >= 4 is 25.5 Å². The van der Waals surface area contributed by atoms with Crippen molar-refractivity contribution < 1.29 is 40.0 Å². The van der Waals surface area contributed by atoms with Crippen molar-refractivity contribution in [2.24, 2.45) is 0 Å². The molecular formula is C36H30O9P2S. The van der Waals surface area contributed by atoms with Crippen molar-refractivity contribution in [3.05, 3.63) is 182 Å². The van der Waals surface area contributed by atoms with Crippen LogP contribution >= 0.6 is 15.6 Å². The maximum absolute atomic E-state index is 13.7. The van der Waals surface area contributed by atoms with E-state index in [2.05, 4.69) is 0 Å². The molecule has 0 aliphatic rings. The van der Waals surface area contributed by atoms with E-state index in [0.717, 1.165) is 0 Å². The number of phosphoric acid groups is 2. The van der Waals surface area contributed by atoms with Crippen LogP contribution in [-0.4, -0.2) is 8.42 Å². The van der Waals surface area contributed by atoms with E-state index >= 15 is 0 Å². The highest BCUT2D eigenvalue weighted by Gasteiger charge is 2.46. The van der Waals surface area contributed by atoms with Gasteiger partial charge in [0.25, 0.3) is 0 Å². The zero-order valence-corrected chi connectivity index (χ0v) is 27.9. The Balaban J connectivity index is 0.000000250. The molecule has 0 heterocycles. The van der Waals surface area contributed by atoms with Crippen molar-refractivity contribution in [3.63, 3.8) is 0 Å². The summed E-state index contributed by atoms with van der Waals surface area (Å²) in [6, 6.07) is 49.9. The van der Waals surface area contributed by atoms with E-state index in [1.807, 2.05) is 0 Å². The number of sulfone groups is 1. The van der Waals surface area contributed by atoms with Crippen LogP contribution in [0.2, 0.25) is 0 Å². The van der Waals surface area contributed by atoms with Gasteiger partial charge >= 0.3 is 15.6 Å². The van der Waals surface area contributed by atoms with Crippen LogP contribution in [0.1, 0.15) is 0 Å². The summed E-state index contributed by atoms with van der Waals surface area (Å²) in [4.78, 5) is 0.660. The fourth-order valence-corrected chi connectivity index (χ4v) is 8.41. The van der Waals surface area contributed by atoms with Crippen LogP contribution in [-0.2, 0) is 23.3 Å². The summed E-state index contributed by atoms with van der Waals surface area (Å²) in [6.07, 6.45) is 0. The summed E-state index contributed by atoms with van der Waals surface area (Å²) in [7, 11) is -12.5. The van der Waals surface area contributed by atoms with Gasteiger partial charge in [0.2, 0.25) is 9.84 Å². The van der Waals surface area contributed by atoms with Gasteiger partial charge in [0, 0.05) is 0 Å². The molecule has 0 aromatic heterocycles. The zero-order chi connectivity index (χ0) is 33.7. The average Bonchev–Trinajstić information content (AvgIpc) is 3.10. The van der Waals surface area contributed by atoms with Gasteiger partial charge in [0.15, 0.2) is 0 Å². The Morgan fingerprint density at radius 1 is 0.333 bits per heavy atom. The molecule has 9 nitrogen and oxygen atoms in total. The predicted octanol–water partition coefficient (Wildman–Crippen LogP) is 10.1. The molecule has 0 aliphatic carbocycles. The fourth-order valence-electron chi connectivity index (χ4n) is 4.00. The van der Waals surface area contributed by atoms with Crippen molar-refractivity contribution in [2.45, 2.75) is 9.79 Å². The van der Waals surface area contributed by atoms with Crippen LogP contribution < -0.4 is 18.1 Å². The van der Waals surface area contributed by atoms with Crippen LogP contribution in [0.15, 0.2) is 192 Å². The molecule has 0 saturated heterocycles. The topological polar surface area (TPSA) is 114 Å². The van der Waals surface area contributed by atoms with Gasteiger partial charge < -0.3 is 18.1 Å². The minimum Gasteiger partial charge on any atom is -0.395 e. The highest BCUT2D eigenvalue weighted by molar-refractivity contribution is 7.91. The minimum atomic E-state index is -4.57. The molecule has 244 valence electrons. The van der Waals surface area contributed by atoms with Crippen LogP contribution in [0.4, 0.5) is 0 Å². The molecule has 6 aromatic rings. The first-order valence-electron chi connectivity index (χ1n) is 14.5. The SMILES string of the molecule is O=P(Oc1ccccc1)(Oc1ccccc1)OP(=O)(Oc1ccccc1)Oc1ccccc1.O=S(=O)(c1ccccc1)c1ccccc1. The first-order chi connectivity index (χ1) is 23.2. The van der Waals surface area contributed by atoms with Crippen LogP contribution in [0.3, 0.4) is 0 Å². The normalized spacial score (nSPS) is 11.3. The third-order valence-electron chi connectivity index (χ3n) is 6.15. The Bertz CT molecular complexity index is 1820. The van der Waals surface area contributed by atoms with Gasteiger partial charge in [0.05, 0.1) is 9.79 Å². The number of phosphoric ester groups is 2. The number of para-hydroxylation sites is 4. The van der Waals surface area contributed by atoms with E-state index in [9.17, 15) is 17.5 Å². The maximum Gasteiger partial charge on any atom is 0.598 e. The van der Waals surface area contributed by atoms with E-state index < -0.39 is 25.5 Å². The molecule has 0 fully saturated rings. The van der Waals surface area contributed by atoms with Crippen LogP contribution in [0, 0.1) is 0 Å². The summed E-state index contributed by atoms with van der Waals surface area (Å²) in [5.41, 5.74) is 0. The molecule has 0 amide bonds. The smallest absolute Gasteiger partial charge is 0.395 e. The molecule has 12 heteroatoms. The van der Waals surface area contributed by atoms with Crippen molar-refractivity contribution in [2.75, 3.05) is 0 Å². The summed E-state index contributed by atoms with van der Waals surface area (Å²) < 4.78 is 79.3. The number of benzene rings is 6. The molecule has 0 saturated carbocycles.